The molecule has 0 aliphatic carbocycles. The van der Waals surface area contributed by atoms with Crippen molar-refractivity contribution < 1.29 is 14.3 Å². The Morgan fingerprint density at radius 1 is 0.963 bits per heavy atom. The van der Waals surface area contributed by atoms with Gasteiger partial charge in [-0.1, -0.05) is 30.3 Å². The van der Waals surface area contributed by atoms with Gasteiger partial charge in [0, 0.05) is 37.4 Å². The second kappa shape index (κ2) is 8.21. The molecule has 142 valence electrons. The molecule has 0 bridgehead atoms. The zero-order valence-corrected chi connectivity index (χ0v) is 15.8. The zero-order chi connectivity index (χ0) is 18.6. The van der Waals surface area contributed by atoms with E-state index >= 15 is 0 Å². The van der Waals surface area contributed by atoms with Gasteiger partial charge in [-0.05, 0) is 35.7 Å². The molecular weight excluding hydrogens is 340 g/mol. The first-order valence-corrected chi connectivity index (χ1v) is 9.59. The zero-order valence-electron chi connectivity index (χ0n) is 15.8. The van der Waals surface area contributed by atoms with Gasteiger partial charge in [-0.25, -0.2) is 0 Å². The molecule has 5 heteroatoms. The van der Waals surface area contributed by atoms with Crippen molar-refractivity contribution in [3.8, 4) is 11.1 Å². The number of carbonyl (C=O) groups is 1. The quantitative estimate of drug-likeness (QED) is 0.834. The number of aryl methyl sites for hydroxylation is 1. The highest BCUT2D eigenvalue weighted by Gasteiger charge is 2.24. The highest BCUT2D eigenvalue weighted by molar-refractivity contribution is 5.96. The van der Waals surface area contributed by atoms with Gasteiger partial charge in [0.25, 0.3) is 5.91 Å². The van der Waals surface area contributed by atoms with Gasteiger partial charge in [0.1, 0.15) is 6.61 Å². The number of hydrogen-bond donors (Lipinski definition) is 0. The van der Waals surface area contributed by atoms with E-state index in [-0.39, 0.29) is 12.5 Å². The van der Waals surface area contributed by atoms with Crippen LogP contribution in [-0.4, -0.2) is 56.8 Å². The van der Waals surface area contributed by atoms with Gasteiger partial charge in [-0.2, -0.15) is 0 Å². The smallest absolute Gasteiger partial charge is 0.253 e. The van der Waals surface area contributed by atoms with E-state index in [1.54, 1.807) is 0 Å². The molecule has 0 N–H and O–H groups in total. The van der Waals surface area contributed by atoms with Crippen molar-refractivity contribution in [2.24, 2.45) is 0 Å². The number of fused-ring (bicyclic) bond motifs is 1. The Balaban J connectivity index is 1.59. The predicted octanol–water partition coefficient (Wildman–Crippen LogP) is 2.86. The molecule has 1 fully saturated rings. The minimum Gasteiger partial charge on any atom is -0.379 e. The normalized spacial score (nSPS) is 18.3. The maximum Gasteiger partial charge on any atom is 0.253 e. The SMILES string of the molecule is Cc1ccccc1-c1ccc2c(c1)COCC(=O)N2CCN1CCOCC1. The number of hydrogen-bond acceptors (Lipinski definition) is 4. The maximum atomic E-state index is 12.6. The van der Waals surface area contributed by atoms with Crippen LogP contribution in [0, 0.1) is 6.92 Å². The molecule has 2 aromatic carbocycles. The van der Waals surface area contributed by atoms with Gasteiger partial charge in [0.2, 0.25) is 0 Å². The first kappa shape index (κ1) is 18.2. The predicted molar refractivity (Wildman–Crippen MR) is 106 cm³/mol. The molecule has 1 amide bonds. The van der Waals surface area contributed by atoms with Crippen molar-refractivity contribution in [1.29, 1.82) is 0 Å². The third kappa shape index (κ3) is 4.05. The van der Waals surface area contributed by atoms with E-state index < -0.39 is 0 Å². The van der Waals surface area contributed by atoms with Gasteiger partial charge in [0.05, 0.1) is 19.8 Å². The van der Waals surface area contributed by atoms with E-state index in [1.807, 2.05) is 4.90 Å². The van der Waals surface area contributed by atoms with Gasteiger partial charge >= 0.3 is 0 Å². The van der Waals surface area contributed by atoms with E-state index in [0.29, 0.717) is 13.2 Å². The maximum absolute atomic E-state index is 12.6. The summed E-state index contributed by atoms with van der Waals surface area (Å²) in [7, 11) is 0. The Bertz CT molecular complexity index is 815. The van der Waals surface area contributed by atoms with E-state index in [0.717, 1.165) is 49.7 Å². The van der Waals surface area contributed by atoms with E-state index in [1.165, 1.54) is 11.1 Å². The minimum atomic E-state index is 0.0330. The molecule has 1 saturated heterocycles. The number of ether oxygens (including phenoxy) is 2. The Morgan fingerprint density at radius 3 is 2.59 bits per heavy atom. The molecule has 0 aromatic heterocycles. The van der Waals surface area contributed by atoms with Crippen molar-refractivity contribution in [3.63, 3.8) is 0 Å². The summed E-state index contributed by atoms with van der Waals surface area (Å²) in [5.74, 6) is 0.0330. The number of amides is 1. The third-order valence-corrected chi connectivity index (χ3v) is 5.35. The van der Waals surface area contributed by atoms with Gasteiger partial charge in [-0.15, -0.1) is 0 Å². The number of morpholine rings is 1. The summed E-state index contributed by atoms with van der Waals surface area (Å²) in [4.78, 5) is 16.9. The largest absolute Gasteiger partial charge is 0.379 e. The van der Waals surface area contributed by atoms with Crippen molar-refractivity contribution in [2.45, 2.75) is 13.5 Å². The Labute approximate surface area is 160 Å². The van der Waals surface area contributed by atoms with Gasteiger partial charge in [-0.3, -0.25) is 9.69 Å². The summed E-state index contributed by atoms with van der Waals surface area (Å²) in [6.07, 6.45) is 0. The van der Waals surface area contributed by atoms with Crippen LogP contribution in [0.25, 0.3) is 11.1 Å². The molecule has 0 spiro atoms. The lowest BCUT2D eigenvalue weighted by molar-refractivity contribution is -0.123. The van der Waals surface area contributed by atoms with E-state index in [9.17, 15) is 4.79 Å². The van der Waals surface area contributed by atoms with Crippen molar-refractivity contribution in [3.05, 3.63) is 53.6 Å². The highest BCUT2D eigenvalue weighted by atomic mass is 16.5. The summed E-state index contributed by atoms with van der Waals surface area (Å²) < 4.78 is 11.1. The molecule has 4 rings (SSSR count). The second-order valence-electron chi connectivity index (χ2n) is 7.15. The molecule has 0 radical (unpaired) electrons. The van der Waals surface area contributed by atoms with Crippen LogP contribution < -0.4 is 4.90 Å². The van der Waals surface area contributed by atoms with Gasteiger partial charge in [0.15, 0.2) is 0 Å². The molecule has 2 aromatic rings. The number of anilines is 1. The Kier molecular flexibility index (Phi) is 5.53. The minimum absolute atomic E-state index is 0.0330. The standard InChI is InChI=1S/C22H26N2O3/c1-17-4-2-3-5-20(17)18-6-7-21-19(14-18)15-27-16-22(25)24(21)9-8-23-10-12-26-13-11-23/h2-7,14H,8-13,15-16H2,1H3. The van der Waals surface area contributed by atoms with Crippen LogP contribution >= 0.6 is 0 Å². The average molecular weight is 366 g/mol. The van der Waals surface area contributed by atoms with Crippen molar-refractivity contribution in [2.75, 3.05) is 50.9 Å². The molecular formula is C22H26N2O3. The summed E-state index contributed by atoms with van der Waals surface area (Å²) in [5, 5.41) is 0. The molecule has 5 nitrogen and oxygen atoms in total. The summed E-state index contributed by atoms with van der Waals surface area (Å²) >= 11 is 0. The topological polar surface area (TPSA) is 42.0 Å². The second-order valence-corrected chi connectivity index (χ2v) is 7.15. The third-order valence-electron chi connectivity index (χ3n) is 5.35. The molecule has 2 aliphatic heterocycles. The Hall–Kier alpha value is -2.21. The number of rotatable bonds is 4. The molecule has 27 heavy (non-hydrogen) atoms. The van der Waals surface area contributed by atoms with Crippen LogP contribution in [0.4, 0.5) is 5.69 Å². The van der Waals surface area contributed by atoms with Crippen LogP contribution in [-0.2, 0) is 20.9 Å². The average Bonchev–Trinajstić information content (AvgIpc) is 2.85. The van der Waals surface area contributed by atoms with Crippen LogP contribution in [0.1, 0.15) is 11.1 Å². The lowest BCUT2D eigenvalue weighted by Crippen LogP contribution is -2.43. The highest BCUT2D eigenvalue weighted by Crippen LogP contribution is 2.31. The number of benzene rings is 2. The summed E-state index contributed by atoms with van der Waals surface area (Å²) in [6, 6.07) is 14.7. The van der Waals surface area contributed by atoms with Crippen molar-refractivity contribution >= 4 is 11.6 Å². The first-order chi connectivity index (χ1) is 13.2. The fourth-order valence-corrected chi connectivity index (χ4v) is 3.80. The number of carbonyl (C=O) groups excluding carboxylic acids is 1. The van der Waals surface area contributed by atoms with Gasteiger partial charge < -0.3 is 14.4 Å². The van der Waals surface area contributed by atoms with E-state index in [4.69, 9.17) is 9.47 Å². The van der Waals surface area contributed by atoms with Crippen LogP contribution in [0.2, 0.25) is 0 Å². The summed E-state index contributed by atoms with van der Waals surface area (Å²) in [6.45, 7) is 7.66. The first-order valence-electron chi connectivity index (χ1n) is 9.59. The molecule has 2 aliphatic rings. The molecule has 0 atom stereocenters. The molecule has 0 unspecified atom stereocenters. The van der Waals surface area contributed by atoms with Crippen LogP contribution in [0.5, 0.6) is 0 Å². The van der Waals surface area contributed by atoms with Crippen molar-refractivity contribution in [1.82, 2.24) is 4.90 Å². The fraction of sp³-hybridized carbons (Fsp3) is 0.409. The lowest BCUT2D eigenvalue weighted by Gasteiger charge is -2.30. The van der Waals surface area contributed by atoms with Crippen LogP contribution in [0.3, 0.4) is 0 Å². The monoisotopic (exact) mass is 366 g/mol. The molecule has 0 saturated carbocycles. The molecule has 2 heterocycles. The van der Waals surface area contributed by atoms with E-state index in [2.05, 4.69) is 54.3 Å². The summed E-state index contributed by atoms with van der Waals surface area (Å²) in [5.41, 5.74) is 5.67. The lowest BCUT2D eigenvalue weighted by atomic mass is 9.98. The fourth-order valence-electron chi connectivity index (χ4n) is 3.80. The Morgan fingerprint density at radius 2 is 1.78 bits per heavy atom. The van der Waals surface area contributed by atoms with Crippen LogP contribution in [0.15, 0.2) is 42.5 Å². The number of nitrogens with zero attached hydrogens (tertiary/aromatic N) is 2.